The van der Waals surface area contributed by atoms with Crippen LogP contribution >= 0.6 is 0 Å². The van der Waals surface area contributed by atoms with Gasteiger partial charge in [-0.1, -0.05) is 44.7 Å². The van der Waals surface area contributed by atoms with Crippen LogP contribution in [-0.4, -0.2) is 21.1 Å². The molecule has 0 radical (unpaired) electrons. The van der Waals surface area contributed by atoms with Crippen LogP contribution in [-0.2, 0) is 16.6 Å². The van der Waals surface area contributed by atoms with Gasteiger partial charge < -0.3 is 5.11 Å². The molecule has 1 fully saturated rings. The minimum Gasteiger partial charge on any atom is -0.515 e. The topological polar surface area (TPSA) is 66.0 Å². The first-order chi connectivity index (χ1) is 11.1. The standard InChI is InChI=1S/C19H20N2O2.CH4/c1-19-10-13(11-22)16(23)9-14(19)7-8-15-17(20-21-18(15)19)12-5-3-2-4-6-12;/h2-6,11,14,22H,7-10H2,1H3,(H,20,21);1H4/b13-11-;. The number of carbonyl (C=O) groups excluding carboxylic acids is 1. The zero-order chi connectivity index (χ0) is 16.0. The number of H-pyrrole nitrogens is 1. The van der Waals surface area contributed by atoms with Crippen LogP contribution in [0.2, 0.25) is 0 Å². The van der Waals surface area contributed by atoms with E-state index in [4.69, 9.17) is 0 Å². The number of aromatic amines is 1. The van der Waals surface area contributed by atoms with Gasteiger partial charge in [0, 0.05) is 34.2 Å². The van der Waals surface area contributed by atoms with Crippen molar-refractivity contribution in [3.63, 3.8) is 0 Å². The second-order valence-corrected chi connectivity index (χ2v) is 6.90. The zero-order valence-electron chi connectivity index (χ0n) is 13.2. The molecule has 0 spiro atoms. The van der Waals surface area contributed by atoms with Crippen LogP contribution < -0.4 is 0 Å². The van der Waals surface area contributed by atoms with Gasteiger partial charge in [-0.05, 0) is 25.2 Å². The van der Waals surface area contributed by atoms with Crippen LogP contribution in [0.25, 0.3) is 11.3 Å². The van der Waals surface area contributed by atoms with E-state index in [0.717, 1.165) is 36.1 Å². The molecule has 4 rings (SSSR count). The first kappa shape index (κ1) is 16.5. The van der Waals surface area contributed by atoms with E-state index in [2.05, 4.69) is 29.3 Å². The van der Waals surface area contributed by atoms with E-state index in [-0.39, 0.29) is 18.6 Å². The summed E-state index contributed by atoms with van der Waals surface area (Å²) >= 11 is 0. The molecule has 2 aliphatic carbocycles. The van der Waals surface area contributed by atoms with Gasteiger partial charge in [0.25, 0.3) is 0 Å². The van der Waals surface area contributed by atoms with Crippen molar-refractivity contribution in [1.82, 2.24) is 10.2 Å². The summed E-state index contributed by atoms with van der Waals surface area (Å²) in [6.07, 6.45) is 4.03. The number of fused-ring (bicyclic) bond motifs is 3. The average molecular weight is 324 g/mol. The van der Waals surface area contributed by atoms with Gasteiger partial charge in [0.15, 0.2) is 5.78 Å². The van der Waals surface area contributed by atoms with Crippen LogP contribution in [0.3, 0.4) is 0 Å². The third-order valence-electron chi connectivity index (χ3n) is 5.63. The number of aromatic nitrogens is 2. The van der Waals surface area contributed by atoms with Crippen molar-refractivity contribution >= 4 is 5.78 Å². The van der Waals surface area contributed by atoms with Crippen LogP contribution in [0.5, 0.6) is 0 Å². The van der Waals surface area contributed by atoms with Gasteiger partial charge in [-0.2, -0.15) is 5.10 Å². The number of nitrogens with zero attached hydrogens (tertiary/aromatic N) is 1. The molecule has 2 aromatic rings. The Morgan fingerprint density at radius 1 is 1.33 bits per heavy atom. The van der Waals surface area contributed by atoms with Crippen molar-refractivity contribution in [3.05, 3.63) is 53.4 Å². The van der Waals surface area contributed by atoms with Crippen molar-refractivity contribution in [1.29, 1.82) is 0 Å². The first-order valence-electron chi connectivity index (χ1n) is 8.13. The molecule has 2 atom stereocenters. The van der Waals surface area contributed by atoms with Crippen molar-refractivity contribution < 1.29 is 9.90 Å². The fourth-order valence-corrected chi connectivity index (χ4v) is 4.28. The maximum Gasteiger partial charge on any atom is 0.162 e. The van der Waals surface area contributed by atoms with Crippen LogP contribution in [0.4, 0.5) is 0 Å². The first-order valence-corrected chi connectivity index (χ1v) is 8.13. The molecule has 2 unspecified atom stereocenters. The lowest BCUT2D eigenvalue weighted by molar-refractivity contribution is -0.119. The summed E-state index contributed by atoms with van der Waals surface area (Å²) in [5.74, 6) is 0.400. The molecule has 2 aliphatic rings. The molecular formula is C20H24N2O2. The highest BCUT2D eigenvalue weighted by Gasteiger charge is 2.48. The number of benzene rings is 1. The molecule has 1 heterocycles. The number of Topliss-reactive ketones (excluding diaryl/α,β-unsaturated/α-hetero) is 1. The Morgan fingerprint density at radius 2 is 2.08 bits per heavy atom. The predicted octanol–water partition coefficient (Wildman–Crippen LogP) is 4.34. The van der Waals surface area contributed by atoms with Gasteiger partial charge in [0.2, 0.25) is 0 Å². The minimum atomic E-state index is -0.157. The number of rotatable bonds is 1. The molecule has 0 amide bonds. The third-order valence-corrected chi connectivity index (χ3v) is 5.63. The van der Waals surface area contributed by atoms with Crippen LogP contribution in [0, 0.1) is 5.92 Å². The van der Waals surface area contributed by atoms with Gasteiger partial charge in [0.1, 0.15) is 0 Å². The van der Waals surface area contributed by atoms with E-state index in [1.54, 1.807) is 0 Å². The Labute approximate surface area is 142 Å². The van der Waals surface area contributed by atoms with Gasteiger partial charge in [-0.3, -0.25) is 9.89 Å². The number of nitrogens with one attached hydrogen (secondary N) is 1. The molecule has 0 saturated heterocycles. The Bertz CT molecular complexity index is 791. The summed E-state index contributed by atoms with van der Waals surface area (Å²) in [6, 6.07) is 10.2. The SMILES string of the molecule is C.CC12C/C(=C/O)C(=O)CC1CCc1c(-c3ccccc3)n[nH]c12. The van der Waals surface area contributed by atoms with Crippen molar-refractivity contribution in [2.24, 2.45) is 5.92 Å². The minimum absolute atomic E-state index is 0. The van der Waals surface area contributed by atoms with E-state index < -0.39 is 0 Å². The summed E-state index contributed by atoms with van der Waals surface area (Å²) in [7, 11) is 0. The molecule has 24 heavy (non-hydrogen) atoms. The van der Waals surface area contributed by atoms with E-state index in [1.807, 2.05) is 18.2 Å². The van der Waals surface area contributed by atoms with Crippen molar-refractivity contribution in [2.45, 2.75) is 45.4 Å². The molecule has 1 aromatic heterocycles. The molecule has 0 bridgehead atoms. The zero-order valence-corrected chi connectivity index (χ0v) is 13.2. The maximum absolute atomic E-state index is 12.1. The monoisotopic (exact) mass is 324 g/mol. The number of hydrogen-bond donors (Lipinski definition) is 2. The Kier molecular flexibility index (Phi) is 4.08. The highest BCUT2D eigenvalue weighted by molar-refractivity contribution is 5.96. The average Bonchev–Trinajstić information content (AvgIpc) is 3.01. The molecule has 1 saturated carbocycles. The van der Waals surface area contributed by atoms with Crippen molar-refractivity contribution in [2.75, 3.05) is 0 Å². The summed E-state index contributed by atoms with van der Waals surface area (Å²) < 4.78 is 0. The smallest absolute Gasteiger partial charge is 0.162 e. The number of carbonyl (C=O) groups is 1. The van der Waals surface area contributed by atoms with Crippen LogP contribution in [0.1, 0.15) is 44.9 Å². The highest BCUT2D eigenvalue weighted by atomic mass is 16.2. The summed E-state index contributed by atoms with van der Waals surface area (Å²) in [6.45, 7) is 2.19. The number of allylic oxidation sites excluding steroid dienone is 1. The van der Waals surface area contributed by atoms with Gasteiger partial charge in [-0.15, -0.1) is 0 Å². The number of aliphatic hydroxyl groups excluding tert-OH is 1. The van der Waals surface area contributed by atoms with E-state index in [9.17, 15) is 9.90 Å². The number of aliphatic hydroxyl groups is 1. The Hall–Kier alpha value is -2.36. The molecule has 0 aliphatic heterocycles. The fraction of sp³-hybridized carbons (Fsp3) is 0.400. The Morgan fingerprint density at radius 3 is 2.79 bits per heavy atom. The number of ketones is 1. The molecule has 2 N–H and O–H groups in total. The number of hydrogen-bond acceptors (Lipinski definition) is 3. The quantitative estimate of drug-likeness (QED) is 0.606. The molecule has 4 heteroatoms. The van der Waals surface area contributed by atoms with E-state index >= 15 is 0 Å². The van der Waals surface area contributed by atoms with E-state index in [0.29, 0.717) is 24.3 Å². The van der Waals surface area contributed by atoms with Gasteiger partial charge in [0.05, 0.1) is 12.0 Å². The second kappa shape index (κ2) is 5.93. The van der Waals surface area contributed by atoms with Gasteiger partial charge >= 0.3 is 0 Å². The van der Waals surface area contributed by atoms with Crippen LogP contribution in [0.15, 0.2) is 42.2 Å². The lowest BCUT2D eigenvalue weighted by Gasteiger charge is -2.44. The largest absolute Gasteiger partial charge is 0.515 e. The second-order valence-electron chi connectivity index (χ2n) is 6.90. The lowest BCUT2D eigenvalue weighted by Crippen LogP contribution is -2.43. The van der Waals surface area contributed by atoms with Gasteiger partial charge in [-0.25, -0.2) is 0 Å². The maximum atomic E-state index is 12.1. The summed E-state index contributed by atoms with van der Waals surface area (Å²) in [5.41, 5.74) is 4.92. The fourth-order valence-electron chi connectivity index (χ4n) is 4.28. The molecular weight excluding hydrogens is 300 g/mol. The molecule has 1 aromatic carbocycles. The summed E-state index contributed by atoms with van der Waals surface area (Å²) in [5, 5.41) is 17.2. The third kappa shape index (κ3) is 2.29. The normalized spacial score (nSPS) is 27.3. The lowest BCUT2D eigenvalue weighted by atomic mass is 9.59. The molecule has 4 nitrogen and oxygen atoms in total. The predicted molar refractivity (Wildman–Crippen MR) is 94.9 cm³/mol. The summed E-state index contributed by atoms with van der Waals surface area (Å²) in [4.78, 5) is 12.1. The Balaban J connectivity index is 0.00000169. The van der Waals surface area contributed by atoms with E-state index in [1.165, 1.54) is 5.56 Å². The highest BCUT2D eigenvalue weighted by Crippen LogP contribution is 2.51. The molecule has 126 valence electrons. The van der Waals surface area contributed by atoms with Crippen molar-refractivity contribution in [3.8, 4) is 11.3 Å².